The lowest BCUT2D eigenvalue weighted by molar-refractivity contribution is -0.111. The molecule has 0 radical (unpaired) electrons. The van der Waals surface area contributed by atoms with Crippen LogP contribution in [0.2, 0.25) is 0 Å². The van der Waals surface area contributed by atoms with Gasteiger partial charge in [0.25, 0.3) is 0 Å². The van der Waals surface area contributed by atoms with Gasteiger partial charge in [-0.25, -0.2) is 4.39 Å². The van der Waals surface area contributed by atoms with Crippen molar-refractivity contribution in [2.75, 3.05) is 7.05 Å². The molecule has 0 bridgehead atoms. The van der Waals surface area contributed by atoms with Gasteiger partial charge < -0.3 is 5.32 Å². The first-order valence-corrected chi connectivity index (χ1v) is 7.95. The third-order valence-electron chi connectivity index (χ3n) is 2.88. The predicted octanol–water partition coefficient (Wildman–Crippen LogP) is 3.95. The number of nitrogens with one attached hydrogen (secondary N) is 1. The third kappa shape index (κ3) is 4.62. The molecule has 110 valence electrons. The Balaban J connectivity index is 2.03. The van der Waals surface area contributed by atoms with E-state index in [0.29, 0.717) is 0 Å². The van der Waals surface area contributed by atoms with Crippen LogP contribution >= 0.6 is 27.7 Å². The molecule has 3 nitrogen and oxygen atoms in total. The first-order chi connectivity index (χ1) is 10.1. The van der Waals surface area contributed by atoms with Crippen molar-refractivity contribution >= 4 is 32.8 Å². The van der Waals surface area contributed by atoms with E-state index in [9.17, 15) is 9.18 Å². The van der Waals surface area contributed by atoms with E-state index in [0.717, 1.165) is 21.1 Å². The molecule has 0 aliphatic rings. The Kier molecular flexibility index (Phi) is 5.90. The lowest BCUT2D eigenvalue weighted by Crippen LogP contribution is -2.21. The standard InChI is InChI=1S/C15H14BrFN2OS/c1-18-13(15-12(17)3-2-8-19-15)9-14(20)21-11-6-4-10(16)5-7-11/h2-8,13,18H,9H2,1H3/t13-/m1/s1. The molecule has 0 saturated heterocycles. The van der Waals surface area contributed by atoms with Crippen LogP contribution < -0.4 is 5.32 Å². The van der Waals surface area contributed by atoms with Crippen LogP contribution in [0.3, 0.4) is 0 Å². The average molecular weight is 369 g/mol. The van der Waals surface area contributed by atoms with Crippen molar-refractivity contribution in [3.63, 3.8) is 0 Å². The van der Waals surface area contributed by atoms with E-state index < -0.39 is 11.9 Å². The number of hydrogen-bond acceptors (Lipinski definition) is 4. The number of benzene rings is 1. The van der Waals surface area contributed by atoms with Gasteiger partial charge in [-0.05, 0) is 43.4 Å². The fourth-order valence-corrected chi connectivity index (χ4v) is 2.88. The fourth-order valence-electron chi connectivity index (χ4n) is 1.83. The zero-order valence-corrected chi connectivity index (χ0v) is 13.7. The zero-order chi connectivity index (χ0) is 15.2. The third-order valence-corrected chi connectivity index (χ3v) is 4.31. The van der Waals surface area contributed by atoms with Crippen LogP contribution in [0.4, 0.5) is 4.39 Å². The van der Waals surface area contributed by atoms with Gasteiger partial charge in [0.2, 0.25) is 0 Å². The molecule has 2 rings (SSSR count). The van der Waals surface area contributed by atoms with Gasteiger partial charge >= 0.3 is 0 Å². The number of thioether (sulfide) groups is 1. The molecule has 0 amide bonds. The Labute approximate surface area is 135 Å². The molecule has 2 aromatic rings. The van der Waals surface area contributed by atoms with Crippen LogP contribution in [0.1, 0.15) is 18.2 Å². The second kappa shape index (κ2) is 7.68. The lowest BCUT2D eigenvalue weighted by atomic mass is 10.1. The highest BCUT2D eigenvalue weighted by Gasteiger charge is 2.19. The summed E-state index contributed by atoms with van der Waals surface area (Å²) in [5, 5.41) is 2.90. The minimum atomic E-state index is -0.429. The monoisotopic (exact) mass is 368 g/mol. The van der Waals surface area contributed by atoms with Gasteiger partial charge in [0.05, 0.1) is 11.7 Å². The SMILES string of the molecule is CN[C@H](CC(=O)Sc1ccc(Br)cc1)c1ncccc1F. The summed E-state index contributed by atoms with van der Waals surface area (Å²) in [7, 11) is 1.69. The van der Waals surface area contributed by atoms with E-state index in [1.165, 1.54) is 18.3 Å². The highest BCUT2D eigenvalue weighted by molar-refractivity contribution is 9.10. The number of nitrogens with zero attached hydrogens (tertiary/aromatic N) is 1. The van der Waals surface area contributed by atoms with Crippen LogP contribution in [-0.2, 0) is 4.79 Å². The van der Waals surface area contributed by atoms with E-state index in [1.54, 1.807) is 7.05 Å². The molecule has 1 aromatic heterocycles. The molecule has 0 unspecified atom stereocenters. The molecule has 0 spiro atoms. The number of rotatable bonds is 5. The molecule has 1 atom stereocenters. The summed E-state index contributed by atoms with van der Waals surface area (Å²) in [6.07, 6.45) is 1.69. The summed E-state index contributed by atoms with van der Waals surface area (Å²) in [5.41, 5.74) is 0.268. The number of hydrogen-bond donors (Lipinski definition) is 1. The van der Waals surface area contributed by atoms with Gasteiger partial charge in [0.15, 0.2) is 5.12 Å². The molecule has 21 heavy (non-hydrogen) atoms. The molecular formula is C15H14BrFN2OS. The summed E-state index contributed by atoms with van der Waals surface area (Å²) in [5.74, 6) is -0.404. The van der Waals surface area contributed by atoms with Gasteiger partial charge in [0.1, 0.15) is 5.82 Å². The van der Waals surface area contributed by atoms with Gasteiger partial charge in [-0.15, -0.1) is 0 Å². The molecule has 1 aromatic carbocycles. The minimum Gasteiger partial charge on any atom is -0.311 e. The van der Waals surface area contributed by atoms with Gasteiger partial charge in [-0.1, -0.05) is 27.7 Å². The number of halogens is 2. The second-order valence-electron chi connectivity index (χ2n) is 4.34. The summed E-state index contributed by atoms with van der Waals surface area (Å²) in [4.78, 5) is 17.0. The van der Waals surface area contributed by atoms with Crippen molar-refractivity contribution in [3.05, 3.63) is 58.6 Å². The van der Waals surface area contributed by atoms with Crippen LogP contribution in [0.25, 0.3) is 0 Å². The topological polar surface area (TPSA) is 42.0 Å². The first-order valence-electron chi connectivity index (χ1n) is 6.34. The summed E-state index contributed by atoms with van der Waals surface area (Å²) in [6, 6.07) is 9.93. The first kappa shape index (κ1) is 16.1. The largest absolute Gasteiger partial charge is 0.311 e. The van der Waals surface area contributed by atoms with Crippen LogP contribution in [0.5, 0.6) is 0 Å². The highest BCUT2D eigenvalue weighted by atomic mass is 79.9. The Morgan fingerprint density at radius 1 is 1.38 bits per heavy atom. The molecule has 0 saturated carbocycles. The number of aromatic nitrogens is 1. The number of pyridine rings is 1. The van der Waals surface area contributed by atoms with E-state index >= 15 is 0 Å². The lowest BCUT2D eigenvalue weighted by Gasteiger charge is -2.15. The molecule has 0 aliphatic carbocycles. The van der Waals surface area contributed by atoms with Crippen LogP contribution in [-0.4, -0.2) is 17.1 Å². The van der Waals surface area contributed by atoms with Gasteiger partial charge in [-0.2, -0.15) is 0 Å². The maximum absolute atomic E-state index is 13.7. The Morgan fingerprint density at radius 3 is 2.71 bits per heavy atom. The van der Waals surface area contributed by atoms with Crippen molar-refractivity contribution in [2.45, 2.75) is 17.4 Å². The molecule has 6 heteroatoms. The van der Waals surface area contributed by atoms with E-state index in [2.05, 4.69) is 26.2 Å². The van der Waals surface area contributed by atoms with Crippen LogP contribution in [0, 0.1) is 5.82 Å². The summed E-state index contributed by atoms with van der Waals surface area (Å²) >= 11 is 4.49. The molecule has 0 aliphatic heterocycles. The van der Waals surface area contributed by atoms with Gasteiger partial charge in [0, 0.05) is 22.0 Å². The van der Waals surface area contributed by atoms with E-state index in [1.807, 2.05) is 24.3 Å². The Bertz CT molecular complexity index is 621. The molecule has 1 N–H and O–H groups in total. The quantitative estimate of drug-likeness (QED) is 0.811. The predicted molar refractivity (Wildman–Crippen MR) is 85.6 cm³/mol. The average Bonchev–Trinajstić information content (AvgIpc) is 2.48. The van der Waals surface area contributed by atoms with Crippen molar-refractivity contribution in [2.24, 2.45) is 0 Å². The number of carbonyl (C=O) groups excluding carboxylic acids is 1. The van der Waals surface area contributed by atoms with Crippen molar-refractivity contribution < 1.29 is 9.18 Å². The van der Waals surface area contributed by atoms with Crippen molar-refractivity contribution in [3.8, 4) is 0 Å². The smallest absolute Gasteiger partial charge is 0.195 e. The van der Waals surface area contributed by atoms with E-state index in [-0.39, 0.29) is 17.2 Å². The summed E-state index contributed by atoms with van der Waals surface area (Å²) < 4.78 is 14.7. The molecule has 1 heterocycles. The molecular weight excluding hydrogens is 355 g/mol. The Hall–Kier alpha value is -1.24. The minimum absolute atomic E-state index is 0.0401. The van der Waals surface area contributed by atoms with Gasteiger partial charge in [-0.3, -0.25) is 9.78 Å². The van der Waals surface area contributed by atoms with Crippen LogP contribution in [0.15, 0.2) is 52.0 Å². The second-order valence-corrected chi connectivity index (χ2v) is 6.39. The van der Waals surface area contributed by atoms with E-state index in [4.69, 9.17) is 0 Å². The highest BCUT2D eigenvalue weighted by Crippen LogP contribution is 2.26. The maximum atomic E-state index is 13.7. The van der Waals surface area contributed by atoms with Crippen molar-refractivity contribution in [1.29, 1.82) is 0 Å². The fraction of sp³-hybridized carbons (Fsp3) is 0.200. The zero-order valence-electron chi connectivity index (χ0n) is 11.3. The van der Waals surface area contributed by atoms with Crippen molar-refractivity contribution in [1.82, 2.24) is 10.3 Å². The Morgan fingerprint density at radius 2 is 2.10 bits per heavy atom. The molecule has 0 fully saturated rings. The number of carbonyl (C=O) groups is 1. The maximum Gasteiger partial charge on any atom is 0.195 e. The normalized spacial score (nSPS) is 12.1. The summed E-state index contributed by atoms with van der Waals surface area (Å²) in [6.45, 7) is 0.